The SMILES string of the molecule is Cc1cc(C(=O)NC2CCCc3c2cnn3Cc2cccc(Cl)c2)on1. The monoisotopic (exact) mass is 370 g/mol. The van der Waals surface area contributed by atoms with Crippen LogP contribution in [0.15, 0.2) is 41.1 Å². The summed E-state index contributed by atoms with van der Waals surface area (Å²) in [6.07, 6.45) is 4.68. The molecule has 7 heteroatoms. The number of halogens is 1. The summed E-state index contributed by atoms with van der Waals surface area (Å²) in [5, 5.41) is 12.1. The molecule has 0 saturated heterocycles. The number of carbonyl (C=O) groups excluding carboxylic acids is 1. The van der Waals surface area contributed by atoms with Gasteiger partial charge in [-0.1, -0.05) is 28.9 Å². The molecule has 1 aliphatic rings. The molecule has 0 fully saturated rings. The van der Waals surface area contributed by atoms with Gasteiger partial charge < -0.3 is 9.84 Å². The summed E-state index contributed by atoms with van der Waals surface area (Å²) in [5.74, 6) is -0.00742. The highest BCUT2D eigenvalue weighted by atomic mass is 35.5. The number of amides is 1. The molecule has 2 aromatic heterocycles. The van der Waals surface area contributed by atoms with E-state index in [0.717, 1.165) is 41.1 Å². The van der Waals surface area contributed by atoms with Crippen LogP contribution in [-0.4, -0.2) is 20.8 Å². The van der Waals surface area contributed by atoms with Gasteiger partial charge in [0.1, 0.15) is 0 Å². The molecular formula is C19H19ClN4O2. The van der Waals surface area contributed by atoms with E-state index in [-0.39, 0.29) is 17.7 Å². The van der Waals surface area contributed by atoms with Crippen LogP contribution in [0, 0.1) is 6.92 Å². The highest BCUT2D eigenvalue weighted by Crippen LogP contribution is 2.30. The summed E-state index contributed by atoms with van der Waals surface area (Å²) >= 11 is 6.08. The maximum absolute atomic E-state index is 12.4. The Kier molecular flexibility index (Phi) is 4.51. The molecule has 0 spiro atoms. The number of aromatic nitrogens is 3. The van der Waals surface area contributed by atoms with Crippen LogP contribution >= 0.6 is 11.6 Å². The van der Waals surface area contributed by atoms with Crippen molar-refractivity contribution in [2.24, 2.45) is 0 Å². The Morgan fingerprint density at radius 1 is 1.42 bits per heavy atom. The summed E-state index contributed by atoms with van der Waals surface area (Å²) in [5.41, 5.74) is 4.03. The topological polar surface area (TPSA) is 73.0 Å². The molecule has 2 heterocycles. The molecule has 1 aromatic carbocycles. The Hall–Kier alpha value is -2.60. The van der Waals surface area contributed by atoms with Crippen LogP contribution in [0.4, 0.5) is 0 Å². The van der Waals surface area contributed by atoms with E-state index in [4.69, 9.17) is 16.1 Å². The number of nitrogens with zero attached hydrogens (tertiary/aromatic N) is 3. The highest BCUT2D eigenvalue weighted by Gasteiger charge is 2.27. The quantitative estimate of drug-likeness (QED) is 0.760. The van der Waals surface area contributed by atoms with Gasteiger partial charge in [-0.2, -0.15) is 5.10 Å². The molecule has 0 bridgehead atoms. The van der Waals surface area contributed by atoms with Gasteiger partial charge in [0, 0.05) is 22.3 Å². The Morgan fingerprint density at radius 2 is 2.31 bits per heavy atom. The third-order valence-corrected chi connectivity index (χ3v) is 4.88. The van der Waals surface area contributed by atoms with Gasteiger partial charge in [0.25, 0.3) is 5.91 Å². The summed E-state index contributed by atoms with van der Waals surface area (Å²) < 4.78 is 7.05. The van der Waals surface area contributed by atoms with E-state index in [2.05, 4.69) is 15.6 Å². The molecule has 3 aromatic rings. The predicted molar refractivity (Wildman–Crippen MR) is 97.2 cm³/mol. The average molecular weight is 371 g/mol. The summed E-state index contributed by atoms with van der Waals surface area (Å²) in [7, 11) is 0. The fourth-order valence-corrected chi connectivity index (χ4v) is 3.63. The molecule has 26 heavy (non-hydrogen) atoms. The van der Waals surface area contributed by atoms with Gasteiger partial charge in [-0.3, -0.25) is 9.48 Å². The molecule has 0 aliphatic heterocycles. The predicted octanol–water partition coefficient (Wildman–Crippen LogP) is 3.69. The standard InChI is InChI=1S/C19H19ClN4O2/c1-12-8-18(26-23-12)19(25)22-16-6-3-7-17-15(16)10-21-24(17)11-13-4-2-5-14(20)9-13/h2,4-5,8-10,16H,3,6-7,11H2,1H3,(H,22,25). The lowest BCUT2D eigenvalue weighted by atomic mass is 9.93. The molecule has 1 atom stereocenters. The minimum absolute atomic E-state index is 0.0650. The lowest BCUT2D eigenvalue weighted by molar-refractivity contribution is 0.0895. The van der Waals surface area contributed by atoms with Crippen LogP contribution in [-0.2, 0) is 13.0 Å². The van der Waals surface area contributed by atoms with E-state index < -0.39 is 0 Å². The lowest BCUT2D eigenvalue weighted by Gasteiger charge is -2.23. The zero-order valence-electron chi connectivity index (χ0n) is 14.4. The van der Waals surface area contributed by atoms with E-state index in [0.29, 0.717) is 12.2 Å². The fourth-order valence-electron chi connectivity index (χ4n) is 3.41. The Labute approximate surface area is 156 Å². The van der Waals surface area contributed by atoms with Crippen molar-refractivity contribution in [3.63, 3.8) is 0 Å². The van der Waals surface area contributed by atoms with Crippen molar-refractivity contribution in [3.05, 3.63) is 69.8 Å². The third-order valence-electron chi connectivity index (χ3n) is 4.64. The molecular weight excluding hydrogens is 352 g/mol. The third kappa shape index (κ3) is 3.37. The Bertz CT molecular complexity index is 947. The van der Waals surface area contributed by atoms with Crippen LogP contribution in [0.25, 0.3) is 0 Å². The van der Waals surface area contributed by atoms with E-state index >= 15 is 0 Å². The molecule has 1 aliphatic carbocycles. The van der Waals surface area contributed by atoms with Crippen molar-refractivity contribution in [2.45, 2.75) is 38.8 Å². The summed E-state index contributed by atoms with van der Waals surface area (Å²) in [4.78, 5) is 12.4. The number of hydrogen-bond acceptors (Lipinski definition) is 4. The minimum Gasteiger partial charge on any atom is -0.351 e. The molecule has 0 saturated carbocycles. The molecule has 134 valence electrons. The van der Waals surface area contributed by atoms with Crippen molar-refractivity contribution >= 4 is 17.5 Å². The van der Waals surface area contributed by atoms with Gasteiger partial charge >= 0.3 is 0 Å². The number of carbonyl (C=O) groups is 1. The first-order valence-corrected chi connectivity index (χ1v) is 9.01. The largest absolute Gasteiger partial charge is 0.351 e. The Balaban J connectivity index is 1.54. The van der Waals surface area contributed by atoms with Crippen LogP contribution in [0.5, 0.6) is 0 Å². The Morgan fingerprint density at radius 3 is 3.08 bits per heavy atom. The zero-order chi connectivity index (χ0) is 18.1. The van der Waals surface area contributed by atoms with Crippen LogP contribution in [0.1, 0.15) is 52.0 Å². The first kappa shape index (κ1) is 16.8. The maximum atomic E-state index is 12.4. The van der Waals surface area contributed by atoms with E-state index in [1.807, 2.05) is 35.1 Å². The van der Waals surface area contributed by atoms with Gasteiger partial charge in [-0.05, 0) is 43.9 Å². The number of nitrogens with one attached hydrogen (secondary N) is 1. The van der Waals surface area contributed by atoms with Crippen molar-refractivity contribution in [2.75, 3.05) is 0 Å². The van der Waals surface area contributed by atoms with E-state index in [1.165, 1.54) is 0 Å². The van der Waals surface area contributed by atoms with Crippen LogP contribution < -0.4 is 5.32 Å². The van der Waals surface area contributed by atoms with E-state index in [9.17, 15) is 4.79 Å². The lowest BCUT2D eigenvalue weighted by Crippen LogP contribution is -2.30. The van der Waals surface area contributed by atoms with Gasteiger partial charge in [-0.25, -0.2) is 0 Å². The molecule has 1 N–H and O–H groups in total. The molecule has 6 nitrogen and oxygen atoms in total. The number of fused-ring (bicyclic) bond motifs is 1. The second kappa shape index (κ2) is 6.96. The minimum atomic E-state index is -0.244. The molecule has 1 amide bonds. The summed E-state index contributed by atoms with van der Waals surface area (Å²) in [6.45, 7) is 2.46. The fraction of sp³-hybridized carbons (Fsp3) is 0.316. The summed E-state index contributed by atoms with van der Waals surface area (Å²) in [6, 6.07) is 9.36. The molecule has 1 unspecified atom stereocenters. The normalized spacial score (nSPS) is 16.3. The van der Waals surface area contributed by atoms with Crippen LogP contribution in [0.2, 0.25) is 5.02 Å². The van der Waals surface area contributed by atoms with Crippen molar-refractivity contribution in [1.82, 2.24) is 20.3 Å². The second-order valence-corrected chi connectivity index (χ2v) is 7.02. The average Bonchev–Trinajstić information content (AvgIpc) is 3.22. The highest BCUT2D eigenvalue weighted by molar-refractivity contribution is 6.30. The smallest absolute Gasteiger partial charge is 0.290 e. The van der Waals surface area contributed by atoms with E-state index in [1.54, 1.807) is 13.0 Å². The van der Waals surface area contributed by atoms with Gasteiger partial charge in [0.2, 0.25) is 5.76 Å². The first-order valence-electron chi connectivity index (χ1n) is 8.63. The van der Waals surface area contributed by atoms with Gasteiger partial charge in [0.05, 0.1) is 24.5 Å². The molecule has 0 radical (unpaired) electrons. The van der Waals surface area contributed by atoms with Gasteiger partial charge in [0.15, 0.2) is 0 Å². The van der Waals surface area contributed by atoms with Crippen molar-refractivity contribution in [3.8, 4) is 0 Å². The van der Waals surface area contributed by atoms with Crippen molar-refractivity contribution in [1.29, 1.82) is 0 Å². The number of rotatable bonds is 4. The maximum Gasteiger partial charge on any atom is 0.290 e. The zero-order valence-corrected chi connectivity index (χ0v) is 15.2. The number of benzene rings is 1. The van der Waals surface area contributed by atoms with Crippen LogP contribution in [0.3, 0.4) is 0 Å². The number of aryl methyl sites for hydroxylation is 1. The number of hydrogen-bond donors (Lipinski definition) is 1. The van der Waals surface area contributed by atoms with Gasteiger partial charge in [-0.15, -0.1) is 0 Å². The van der Waals surface area contributed by atoms with Crippen molar-refractivity contribution < 1.29 is 9.32 Å². The second-order valence-electron chi connectivity index (χ2n) is 6.58. The molecule has 4 rings (SSSR count). The first-order chi connectivity index (χ1) is 12.6.